The fraction of sp³-hybridized carbons (Fsp3) is 0.261. The number of imidazole rings is 2. The summed E-state index contributed by atoms with van der Waals surface area (Å²) in [5, 5.41) is 9.66. The van der Waals surface area contributed by atoms with Crippen molar-refractivity contribution in [2.75, 3.05) is 32.2 Å². The van der Waals surface area contributed by atoms with E-state index in [2.05, 4.69) is 48.8 Å². The van der Waals surface area contributed by atoms with Gasteiger partial charge in [-0.05, 0) is 112 Å². The molecular formula is C46H50N10O4S2. The van der Waals surface area contributed by atoms with Gasteiger partial charge in [-0.2, -0.15) is 0 Å². The van der Waals surface area contributed by atoms with Gasteiger partial charge in [0.2, 0.25) is 0 Å². The number of aromatic nitrogens is 8. The maximum Gasteiger partial charge on any atom is 0.175 e. The number of nitrogens with two attached hydrogens (primary N) is 1. The number of hydrogen-bond donors (Lipinski definition) is 3. The van der Waals surface area contributed by atoms with Crippen molar-refractivity contribution < 1.29 is 18.9 Å². The van der Waals surface area contributed by atoms with Gasteiger partial charge in [-0.1, -0.05) is 60.7 Å². The van der Waals surface area contributed by atoms with Crippen LogP contribution in [-0.2, 0) is 25.9 Å². The third-order valence-electron chi connectivity index (χ3n) is 9.43. The Morgan fingerprint density at radius 1 is 0.645 bits per heavy atom. The number of nitrogens with one attached hydrogen (secondary N) is 2. The van der Waals surface area contributed by atoms with Crippen molar-refractivity contribution in [3.63, 3.8) is 0 Å². The number of fused-ring (bicyclic) bond motifs is 2. The minimum absolute atomic E-state index is 0.179. The van der Waals surface area contributed by atoms with E-state index >= 15 is 0 Å². The van der Waals surface area contributed by atoms with Crippen LogP contribution in [0.2, 0.25) is 0 Å². The van der Waals surface area contributed by atoms with Crippen LogP contribution in [0.3, 0.4) is 0 Å². The molecule has 0 bridgehead atoms. The predicted octanol–water partition coefficient (Wildman–Crippen LogP) is 9.03. The molecule has 16 heteroatoms. The Morgan fingerprint density at radius 2 is 1.23 bits per heavy atom. The smallest absolute Gasteiger partial charge is 0.175 e. The highest BCUT2D eigenvalue weighted by molar-refractivity contribution is 7.99. The number of benzene rings is 4. The summed E-state index contributed by atoms with van der Waals surface area (Å²) in [7, 11) is 0. The van der Waals surface area contributed by atoms with E-state index in [1.165, 1.54) is 41.0 Å². The molecule has 4 heterocycles. The van der Waals surface area contributed by atoms with E-state index in [4.69, 9.17) is 40.1 Å². The normalized spacial score (nSPS) is 11.0. The van der Waals surface area contributed by atoms with Gasteiger partial charge >= 0.3 is 0 Å². The molecule has 4 aromatic carbocycles. The summed E-state index contributed by atoms with van der Waals surface area (Å²) in [6.07, 6.45) is 4.87. The van der Waals surface area contributed by atoms with Crippen LogP contribution >= 0.6 is 23.5 Å². The molecule has 0 radical (unpaired) electrons. The van der Waals surface area contributed by atoms with Gasteiger partial charge in [-0.3, -0.25) is 5.41 Å². The zero-order chi connectivity index (χ0) is 43.3. The van der Waals surface area contributed by atoms with Crippen LogP contribution in [0.15, 0.2) is 130 Å². The van der Waals surface area contributed by atoms with Crippen LogP contribution in [0, 0.1) is 5.41 Å². The van der Waals surface area contributed by atoms with E-state index in [1.807, 2.05) is 105 Å². The minimum atomic E-state index is 0.179. The average molecular weight is 871 g/mol. The standard InChI is InChI=1S/2C23H25N5O2S/c1-3-29-17-10-11-18(30-4-2)19(14-17)31-23-26-20-21(24)25-15-28(22(20)27-23)13-12-16-8-6-5-7-9-16;1-3-29-17-10-11-18(30-4-2)19(14-17)31-23-27-20-21(24)25-15-26-22(20)28(23)13-12-16-8-6-5-7-9-16/h5-11,14-15,24H,3-4,12-13H2,1-2H3,(H,26,27);5-11,14-15H,3-4,12-13H2,1-2H3,(H2,24,25,26). The van der Waals surface area contributed by atoms with Gasteiger partial charge in [0, 0.05) is 13.1 Å². The van der Waals surface area contributed by atoms with Crippen molar-refractivity contribution in [2.24, 2.45) is 0 Å². The molecular weight excluding hydrogens is 821 g/mol. The molecule has 62 heavy (non-hydrogen) atoms. The van der Waals surface area contributed by atoms with Crippen molar-refractivity contribution >= 4 is 51.7 Å². The molecule has 0 saturated heterocycles. The van der Waals surface area contributed by atoms with Crippen LogP contribution in [0.25, 0.3) is 22.3 Å². The Labute approximate surface area is 368 Å². The average Bonchev–Trinajstić information content (AvgIpc) is 3.88. The SMILES string of the molecule is CCOc1ccc(OCC)c(Sc2nc3c(N)ncnc3n2CCc2ccccc2)c1.CCOc1ccc(OCC)c(Sc2nc3c([nH]2)c(=N)ncn3CCc2ccccc2)c1. The lowest BCUT2D eigenvalue weighted by Gasteiger charge is -2.13. The van der Waals surface area contributed by atoms with E-state index in [0.717, 1.165) is 68.6 Å². The van der Waals surface area contributed by atoms with Crippen LogP contribution in [0.1, 0.15) is 38.8 Å². The monoisotopic (exact) mass is 870 g/mol. The van der Waals surface area contributed by atoms with Crippen LogP contribution in [-0.4, -0.2) is 65.5 Å². The number of nitrogens with zero attached hydrogens (tertiary/aromatic N) is 7. The van der Waals surface area contributed by atoms with E-state index < -0.39 is 0 Å². The van der Waals surface area contributed by atoms with Gasteiger partial charge in [0.05, 0.1) is 42.5 Å². The quantitative estimate of drug-likeness (QED) is 0.0747. The first kappa shape index (κ1) is 43.6. The second-order valence-electron chi connectivity index (χ2n) is 13.6. The van der Waals surface area contributed by atoms with Gasteiger partial charge < -0.3 is 38.8 Å². The summed E-state index contributed by atoms with van der Waals surface area (Å²) >= 11 is 2.97. The Bertz CT molecular complexity index is 2760. The maximum atomic E-state index is 8.20. The van der Waals surface area contributed by atoms with Crippen molar-refractivity contribution in [1.82, 2.24) is 39.0 Å². The number of ether oxygens (including phenoxy) is 4. The minimum Gasteiger partial charge on any atom is -0.494 e. The van der Waals surface area contributed by atoms with Crippen LogP contribution in [0.4, 0.5) is 5.82 Å². The third-order valence-corrected chi connectivity index (χ3v) is 11.4. The van der Waals surface area contributed by atoms with Crippen molar-refractivity contribution in [3.8, 4) is 23.0 Å². The number of hydrogen-bond acceptors (Lipinski definition) is 13. The molecule has 0 atom stereocenters. The van der Waals surface area contributed by atoms with E-state index in [-0.39, 0.29) is 5.49 Å². The van der Waals surface area contributed by atoms with Gasteiger partial charge in [-0.25, -0.2) is 24.9 Å². The molecule has 0 fully saturated rings. The van der Waals surface area contributed by atoms with Gasteiger partial charge in [-0.15, -0.1) is 0 Å². The largest absolute Gasteiger partial charge is 0.494 e. The van der Waals surface area contributed by atoms with Gasteiger partial charge in [0.25, 0.3) is 0 Å². The number of anilines is 1. The fourth-order valence-electron chi connectivity index (χ4n) is 6.57. The summed E-state index contributed by atoms with van der Waals surface area (Å²) in [5.41, 5.74) is 11.4. The second kappa shape index (κ2) is 21.3. The van der Waals surface area contributed by atoms with E-state index in [9.17, 15) is 0 Å². The molecule has 8 aromatic rings. The zero-order valence-electron chi connectivity index (χ0n) is 35.2. The topological polar surface area (TPSA) is 177 Å². The van der Waals surface area contributed by atoms with Gasteiger partial charge in [0.15, 0.2) is 38.4 Å². The molecule has 0 saturated carbocycles. The summed E-state index contributed by atoms with van der Waals surface area (Å²) < 4.78 is 27.0. The Kier molecular flexibility index (Phi) is 15.0. The lowest BCUT2D eigenvalue weighted by Crippen LogP contribution is -2.13. The number of aromatic amines is 1. The molecule has 0 amide bonds. The third kappa shape index (κ3) is 10.9. The van der Waals surface area contributed by atoms with Crippen molar-refractivity contribution in [3.05, 3.63) is 126 Å². The molecule has 4 aromatic heterocycles. The molecule has 0 unspecified atom stereocenters. The Balaban J connectivity index is 0.000000186. The number of nitrogen functional groups attached to an aromatic ring is 1. The van der Waals surface area contributed by atoms with Crippen LogP contribution in [0.5, 0.6) is 23.0 Å². The first-order valence-corrected chi connectivity index (χ1v) is 22.2. The Morgan fingerprint density at radius 3 is 1.82 bits per heavy atom. The maximum absolute atomic E-state index is 8.20. The lowest BCUT2D eigenvalue weighted by molar-refractivity contribution is 0.323. The highest BCUT2D eigenvalue weighted by Gasteiger charge is 2.19. The van der Waals surface area contributed by atoms with Crippen molar-refractivity contribution in [1.29, 1.82) is 5.41 Å². The number of aryl methyl sites for hydroxylation is 4. The molecule has 8 rings (SSSR count). The second-order valence-corrected chi connectivity index (χ2v) is 15.7. The summed E-state index contributed by atoms with van der Waals surface area (Å²) in [5.74, 6) is 3.51. The lowest BCUT2D eigenvalue weighted by atomic mass is 10.1. The molecule has 0 aliphatic heterocycles. The highest BCUT2D eigenvalue weighted by atomic mass is 32.2. The highest BCUT2D eigenvalue weighted by Crippen LogP contribution is 2.39. The first-order valence-electron chi connectivity index (χ1n) is 20.6. The molecule has 320 valence electrons. The molecule has 4 N–H and O–H groups in total. The predicted molar refractivity (Wildman–Crippen MR) is 244 cm³/mol. The molecule has 0 aliphatic carbocycles. The summed E-state index contributed by atoms with van der Waals surface area (Å²) in [6.45, 7) is 11.6. The molecule has 0 spiro atoms. The van der Waals surface area contributed by atoms with E-state index in [1.54, 1.807) is 6.33 Å². The van der Waals surface area contributed by atoms with Crippen LogP contribution < -0.4 is 30.2 Å². The first-order chi connectivity index (χ1) is 30.4. The fourth-order valence-corrected chi connectivity index (χ4v) is 8.49. The number of rotatable bonds is 18. The van der Waals surface area contributed by atoms with E-state index in [0.29, 0.717) is 55.0 Å². The summed E-state index contributed by atoms with van der Waals surface area (Å²) in [6, 6.07) is 32.3. The number of H-pyrrole nitrogens is 1. The zero-order valence-corrected chi connectivity index (χ0v) is 36.8. The molecule has 0 aliphatic rings. The Hall–Kier alpha value is -6.52. The van der Waals surface area contributed by atoms with Gasteiger partial charge in [0.1, 0.15) is 34.8 Å². The summed E-state index contributed by atoms with van der Waals surface area (Å²) in [4.78, 5) is 27.4. The van der Waals surface area contributed by atoms with Crippen molar-refractivity contribution in [2.45, 2.75) is 73.7 Å². The molecule has 14 nitrogen and oxygen atoms in total.